The highest BCUT2D eigenvalue weighted by Gasteiger charge is 2.10. The van der Waals surface area contributed by atoms with Crippen LogP contribution in [-0.2, 0) is 15.9 Å². The van der Waals surface area contributed by atoms with Crippen molar-refractivity contribution in [2.45, 2.75) is 26.7 Å². The van der Waals surface area contributed by atoms with E-state index >= 15 is 0 Å². The van der Waals surface area contributed by atoms with Crippen LogP contribution in [0, 0.1) is 6.92 Å². The Bertz CT molecular complexity index is 401. The molecule has 0 radical (unpaired) electrons. The predicted molar refractivity (Wildman–Crippen MR) is 76.8 cm³/mol. The number of hydrogen-bond donors (Lipinski definition) is 2. The van der Waals surface area contributed by atoms with Gasteiger partial charge in [-0.2, -0.15) is 4.98 Å². The number of anilines is 1. The van der Waals surface area contributed by atoms with E-state index in [0.29, 0.717) is 43.9 Å². The van der Waals surface area contributed by atoms with Crippen LogP contribution in [0.5, 0.6) is 5.88 Å². The molecule has 1 heterocycles. The van der Waals surface area contributed by atoms with E-state index in [4.69, 9.17) is 20.1 Å². The second kappa shape index (κ2) is 9.46. The van der Waals surface area contributed by atoms with Crippen molar-refractivity contribution in [2.24, 2.45) is 5.84 Å². The summed E-state index contributed by atoms with van der Waals surface area (Å²) in [5, 5.41) is 0. The molecule has 3 N–H and O–H groups in total. The van der Waals surface area contributed by atoms with Crippen molar-refractivity contribution in [1.29, 1.82) is 0 Å². The van der Waals surface area contributed by atoms with E-state index in [1.165, 1.54) is 0 Å². The molecule has 7 nitrogen and oxygen atoms in total. The standard InChI is InChI=1S/C13H24N4O3/c1-4-11-15-12(17-14)10(2)13(16-11)20-7-5-6-19-9-8-18-3/h4-9,14H2,1-3H3,(H,15,16,17). The van der Waals surface area contributed by atoms with Crippen LogP contribution in [0.25, 0.3) is 0 Å². The van der Waals surface area contributed by atoms with Crippen LogP contribution in [-0.4, -0.2) is 43.5 Å². The Balaban J connectivity index is 2.43. The molecule has 1 aromatic heterocycles. The van der Waals surface area contributed by atoms with E-state index in [-0.39, 0.29) is 0 Å². The number of aryl methyl sites for hydroxylation is 1. The summed E-state index contributed by atoms with van der Waals surface area (Å²) in [4.78, 5) is 8.64. The van der Waals surface area contributed by atoms with Crippen LogP contribution < -0.4 is 16.0 Å². The minimum atomic E-state index is 0.540. The van der Waals surface area contributed by atoms with Gasteiger partial charge >= 0.3 is 0 Å². The maximum absolute atomic E-state index is 5.67. The maximum Gasteiger partial charge on any atom is 0.221 e. The largest absolute Gasteiger partial charge is 0.477 e. The van der Waals surface area contributed by atoms with Crippen molar-refractivity contribution >= 4 is 5.82 Å². The second-order valence-electron chi connectivity index (χ2n) is 4.22. The lowest BCUT2D eigenvalue weighted by Gasteiger charge is -2.12. The van der Waals surface area contributed by atoms with Crippen LogP contribution in [0.15, 0.2) is 0 Å². The minimum absolute atomic E-state index is 0.540. The molecule has 0 saturated carbocycles. The molecule has 0 bridgehead atoms. The smallest absolute Gasteiger partial charge is 0.221 e. The van der Waals surface area contributed by atoms with E-state index < -0.39 is 0 Å². The second-order valence-corrected chi connectivity index (χ2v) is 4.22. The first-order valence-electron chi connectivity index (χ1n) is 6.76. The molecule has 0 aromatic carbocycles. The number of nitrogen functional groups attached to an aromatic ring is 1. The molecule has 0 aliphatic carbocycles. The van der Waals surface area contributed by atoms with Crippen molar-refractivity contribution in [3.63, 3.8) is 0 Å². The summed E-state index contributed by atoms with van der Waals surface area (Å²) in [6, 6.07) is 0. The van der Waals surface area contributed by atoms with Crippen molar-refractivity contribution in [3.8, 4) is 5.88 Å². The summed E-state index contributed by atoms with van der Waals surface area (Å²) >= 11 is 0. The first-order chi connectivity index (χ1) is 9.72. The summed E-state index contributed by atoms with van der Waals surface area (Å²) in [5.74, 6) is 7.31. The topological polar surface area (TPSA) is 91.5 Å². The number of nitrogens with zero attached hydrogens (tertiary/aromatic N) is 2. The predicted octanol–water partition coefficient (Wildman–Crippen LogP) is 1.06. The fourth-order valence-electron chi connectivity index (χ4n) is 1.55. The zero-order valence-corrected chi connectivity index (χ0v) is 12.4. The van der Waals surface area contributed by atoms with Gasteiger partial charge in [-0.3, -0.25) is 0 Å². The highest BCUT2D eigenvalue weighted by atomic mass is 16.5. The highest BCUT2D eigenvalue weighted by Crippen LogP contribution is 2.21. The number of hydrogen-bond acceptors (Lipinski definition) is 7. The molecular weight excluding hydrogens is 260 g/mol. The third-order valence-corrected chi connectivity index (χ3v) is 2.70. The quantitative estimate of drug-likeness (QED) is 0.377. The van der Waals surface area contributed by atoms with Gasteiger partial charge in [-0.1, -0.05) is 6.92 Å². The number of ether oxygens (including phenoxy) is 3. The third kappa shape index (κ3) is 5.28. The van der Waals surface area contributed by atoms with Gasteiger partial charge < -0.3 is 19.6 Å². The molecule has 7 heteroatoms. The summed E-state index contributed by atoms with van der Waals surface area (Å²) in [6.45, 7) is 6.24. The fourth-order valence-corrected chi connectivity index (χ4v) is 1.55. The number of nitrogens with one attached hydrogen (secondary N) is 1. The molecule has 0 spiro atoms. The van der Waals surface area contributed by atoms with Gasteiger partial charge in [0.25, 0.3) is 0 Å². The lowest BCUT2D eigenvalue weighted by atomic mass is 10.3. The molecule has 0 unspecified atom stereocenters. The Hall–Kier alpha value is -1.44. The van der Waals surface area contributed by atoms with Gasteiger partial charge in [0.1, 0.15) is 11.6 Å². The lowest BCUT2D eigenvalue weighted by Crippen LogP contribution is -2.14. The Morgan fingerprint density at radius 3 is 2.60 bits per heavy atom. The molecule has 0 aliphatic rings. The molecule has 0 atom stereocenters. The van der Waals surface area contributed by atoms with Gasteiger partial charge in [-0.15, -0.1) is 0 Å². The Labute approximate surface area is 119 Å². The number of methoxy groups -OCH3 is 1. The number of hydrazine groups is 1. The molecule has 0 saturated heterocycles. The number of aromatic nitrogens is 2. The molecule has 20 heavy (non-hydrogen) atoms. The molecular formula is C13H24N4O3. The van der Waals surface area contributed by atoms with E-state index in [2.05, 4.69) is 15.4 Å². The highest BCUT2D eigenvalue weighted by molar-refractivity contribution is 5.47. The summed E-state index contributed by atoms with van der Waals surface area (Å²) < 4.78 is 15.9. The Kier molecular flexibility index (Phi) is 7.86. The zero-order chi connectivity index (χ0) is 14.8. The monoisotopic (exact) mass is 284 g/mol. The van der Waals surface area contributed by atoms with E-state index in [0.717, 1.165) is 18.4 Å². The molecule has 0 fully saturated rings. The van der Waals surface area contributed by atoms with Crippen molar-refractivity contribution < 1.29 is 14.2 Å². The van der Waals surface area contributed by atoms with Gasteiger partial charge in [-0.05, 0) is 6.92 Å². The van der Waals surface area contributed by atoms with Crippen LogP contribution in [0.4, 0.5) is 5.82 Å². The first kappa shape index (κ1) is 16.6. The van der Waals surface area contributed by atoms with Crippen molar-refractivity contribution in [1.82, 2.24) is 9.97 Å². The normalized spacial score (nSPS) is 10.6. The van der Waals surface area contributed by atoms with E-state index in [9.17, 15) is 0 Å². The maximum atomic E-state index is 5.67. The van der Waals surface area contributed by atoms with Crippen LogP contribution in [0.2, 0.25) is 0 Å². The zero-order valence-electron chi connectivity index (χ0n) is 12.4. The SMILES string of the molecule is CCc1nc(NN)c(C)c(OCCCOCCOC)n1. The van der Waals surface area contributed by atoms with Gasteiger partial charge in [-0.25, -0.2) is 10.8 Å². The summed E-state index contributed by atoms with van der Waals surface area (Å²) in [5.41, 5.74) is 3.38. The third-order valence-electron chi connectivity index (χ3n) is 2.70. The Morgan fingerprint density at radius 2 is 1.95 bits per heavy atom. The average Bonchev–Trinajstić information content (AvgIpc) is 2.47. The molecule has 1 rings (SSSR count). The number of rotatable bonds is 10. The minimum Gasteiger partial charge on any atom is -0.477 e. The molecule has 114 valence electrons. The van der Waals surface area contributed by atoms with Crippen molar-refractivity contribution in [2.75, 3.05) is 39.0 Å². The van der Waals surface area contributed by atoms with Gasteiger partial charge in [0.2, 0.25) is 5.88 Å². The fraction of sp³-hybridized carbons (Fsp3) is 0.692. The summed E-state index contributed by atoms with van der Waals surface area (Å²) in [7, 11) is 1.65. The molecule has 0 amide bonds. The van der Waals surface area contributed by atoms with Crippen molar-refractivity contribution in [3.05, 3.63) is 11.4 Å². The molecule has 1 aromatic rings. The van der Waals surface area contributed by atoms with Gasteiger partial charge in [0.15, 0.2) is 0 Å². The Morgan fingerprint density at radius 1 is 1.15 bits per heavy atom. The van der Waals surface area contributed by atoms with E-state index in [1.807, 2.05) is 13.8 Å². The van der Waals surface area contributed by atoms with Crippen LogP contribution in [0.1, 0.15) is 24.7 Å². The lowest BCUT2D eigenvalue weighted by molar-refractivity contribution is 0.0641. The molecule has 0 aliphatic heterocycles. The van der Waals surface area contributed by atoms with Crippen LogP contribution >= 0.6 is 0 Å². The average molecular weight is 284 g/mol. The summed E-state index contributed by atoms with van der Waals surface area (Å²) in [6.07, 6.45) is 1.52. The van der Waals surface area contributed by atoms with Gasteiger partial charge in [0, 0.05) is 26.6 Å². The first-order valence-corrected chi connectivity index (χ1v) is 6.76. The van der Waals surface area contributed by atoms with Gasteiger partial charge in [0.05, 0.1) is 25.4 Å². The van der Waals surface area contributed by atoms with Crippen LogP contribution in [0.3, 0.4) is 0 Å². The number of nitrogens with two attached hydrogens (primary N) is 1. The van der Waals surface area contributed by atoms with E-state index in [1.54, 1.807) is 7.11 Å².